The fourth-order valence-corrected chi connectivity index (χ4v) is 2.65. The number of ether oxygens (including phenoxy) is 2. The molecule has 1 atom stereocenters. The van der Waals surface area contributed by atoms with Gasteiger partial charge in [-0.1, -0.05) is 0 Å². The summed E-state index contributed by atoms with van der Waals surface area (Å²) in [5, 5.41) is 0. The standard InChI is InChI=1S/C17H27N3O3/c1-12(22-14-5-6-15(18)19-11-14)13-7-9-20(10-8-13)16(21)23-17(2,3)4/h5-6,11-13H,7-10H2,1-4H3,(H2,18,19). The van der Waals surface area contributed by atoms with Gasteiger partial charge in [-0.2, -0.15) is 0 Å². The molecule has 0 saturated carbocycles. The van der Waals surface area contributed by atoms with E-state index in [9.17, 15) is 4.79 Å². The number of pyridine rings is 1. The van der Waals surface area contributed by atoms with E-state index in [1.54, 1.807) is 17.2 Å². The SMILES string of the molecule is CC(Oc1ccc(N)nc1)C1CCN(C(=O)OC(C)(C)C)CC1. The van der Waals surface area contributed by atoms with Crippen LogP contribution in [0.1, 0.15) is 40.5 Å². The van der Waals surface area contributed by atoms with Crippen molar-refractivity contribution in [1.29, 1.82) is 0 Å². The van der Waals surface area contributed by atoms with Gasteiger partial charge in [0.05, 0.1) is 12.3 Å². The van der Waals surface area contributed by atoms with Gasteiger partial charge in [0.25, 0.3) is 0 Å². The number of carbonyl (C=O) groups is 1. The van der Waals surface area contributed by atoms with Crippen molar-refractivity contribution >= 4 is 11.9 Å². The van der Waals surface area contributed by atoms with Crippen molar-refractivity contribution < 1.29 is 14.3 Å². The first kappa shape index (κ1) is 17.4. The molecule has 6 heteroatoms. The van der Waals surface area contributed by atoms with Crippen molar-refractivity contribution in [2.45, 2.75) is 52.2 Å². The third-order valence-electron chi connectivity index (χ3n) is 3.94. The first-order chi connectivity index (χ1) is 10.7. The van der Waals surface area contributed by atoms with Gasteiger partial charge in [-0.25, -0.2) is 9.78 Å². The Labute approximate surface area is 138 Å². The lowest BCUT2D eigenvalue weighted by molar-refractivity contribution is 0.0121. The molecule has 1 aliphatic rings. The summed E-state index contributed by atoms with van der Waals surface area (Å²) >= 11 is 0. The number of nitrogen functional groups attached to an aromatic ring is 1. The third kappa shape index (κ3) is 5.30. The minimum Gasteiger partial charge on any atom is -0.489 e. The minimum atomic E-state index is -0.452. The second kappa shape index (κ2) is 7.06. The first-order valence-electron chi connectivity index (χ1n) is 8.11. The Balaban J connectivity index is 1.81. The Bertz CT molecular complexity index is 517. The number of piperidine rings is 1. The zero-order chi connectivity index (χ0) is 17.0. The highest BCUT2D eigenvalue weighted by atomic mass is 16.6. The summed E-state index contributed by atoms with van der Waals surface area (Å²) in [6.07, 6.45) is 3.29. The molecular formula is C17H27N3O3. The molecule has 6 nitrogen and oxygen atoms in total. The molecule has 2 heterocycles. The monoisotopic (exact) mass is 321 g/mol. The highest BCUT2D eigenvalue weighted by Crippen LogP contribution is 2.25. The molecule has 0 spiro atoms. The lowest BCUT2D eigenvalue weighted by atomic mass is 9.92. The van der Waals surface area contributed by atoms with Crippen LogP contribution in [0.25, 0.3) is 0 Å². The quantitative estimate of drug-likeness (QED) is 0.925. The summed E-state index contributed by atoms with van der Waals surface area (Å²) in [6.45, 7) is 9.11. The van der Waals surface area contributed by atoms with Gasteiger partial charge in [0.1, 0.15) is 17.2 Å². The normalized spacial score (nSPS) is 17.7. The maximum Gasteiger partial charge on any atom is 0.410 e. The number of hydrogen-bond acceptors (Lipinski definition) is 5. The Hall–Kier alpha value is -1.98. The number of rotatable bonds is 3. The maximum atomic E-state index is 12.1. The van der Waals surface area contributed by atoms with Crippen LogP contribution in [0.2, 0.25) is 0 Å². The van der Waals surface area contributed by atoms with E-state index in [0.717, 1.165) is 18.6 Å². The van der Waals surface area contributed by atoms with E-state index in [4.69, 9.17) is 15.2 Å². The van der Waals surface area contributed by atoms with E-state index in [-0.39, 0.29) is 12.2 Å². The summed E-state index contributed by atoms with van der Waals surface area (Å²) in [4.78, 5) is 17.9. The molecule has 128 valence electrons. The van der Waals surface area contributed by atoms with Crippen LogP contribution < -0.4 is 10.5 Å². The highest BCUT2D eigenvalue weighted by molar-refractivity contribution is 5.68. The molecular weight excluding hydrogens is 294 g/mol. The van der Waals surface area contributed by atoms with Crippen LogP contribution in [-0.2, 0) is 4.74 Å². The molecule has 1 aromatic rings. The number of hydrogen-bond donors (Lipinski definition) is 1. The van der Waals surface area contributed by atoms with Crippen molar-refractivity contribution in [2.24, 2.45) is 5.92 Å². The summed E-state index contributed by atoms with van der Waals surface area (Å²) in [7, 11) is 0. The van der Waals surface area contributed by atoms with Crippen molar-refractivity contribution in [2.75, 3.05) is 18.8 Å². The van der Waals surface area contributed by atoms with Gasteiger partial charge in [0.2, 0.25) is 0 Å². The first-order valence-corrected chi connectivity index (χ1v) is 8.11. The van der Waals surface area contributed by atoms with E-state index in [1.165, 1.54) is 0 Å². The van der Waals surface area contributed by atoms with Gasteiger partial charge in [-0.15, -0.1) is 0 Å². The fourth-order valence-electron chi connectivity index (χ4n) is 2.65. The number of likely N-dealkylation sites (tertiary alicyclic amines) is 1. The predicted molar refractivity (Wildman–Crippen MR) is 89.3 cm³/mol. The van der Waals surface area contributed by atoms with Gasteiger partial charge in [-0.05, 0) is 58.6 Å². The van der Waals surface area contributed by atoms with Gasteiger partial charge in [-0.3, -0.25) is 0 Å². The Kier molecular flexibility index (Phi) is 5.34. The Morgan fingerprint density at radius 3 is 2.52 bits per heavy atom. The van der Waals surface area contributed by atoms with E-state index in [2.05, 4.69) is 11.9 Å². The van der Waals surface area contributed by atoms with Crippen molar-refractivity contribution in [1.82, 2.24) is 9.88 Å². The molecule has 0 aromatic carbocycles. The largest absolute Gasteiger partial charge is 0.489 e. The molecule has 1 fully saturated rings. The van der Waals surface area contributed by atoms with Gasteiger partial charge in [0.15, 0.2) is 0 Å². The second-order valence-corrected chi connectivity index (χ2v) is 7.05. The van der Waals surface area contributed by atoms with Crippen molar-refractivity contribution in [3.8, 4) is 5.75 Å². The third-order valence-corrected chi connectivity index (χ3v) is 3.94. The van der Waals surface area contributed by atoms with Crippen LogP contribution in [0.4, 0.5) is 10.6 Å². The Morgan fingerprint density at radius 2 is 2.00 bits per heavy atom. The van der Waals surface area contributed by atoms with Gasteiger partial charge < -0.3 is 20.1 Å². The average Bonchev–Trinajstić information content (AvgIpc) is 2.48. The van der Waals surface area contributed by atoms with E-state index in [1.807, 2.05) is 26.8 Å². The molecule has 1 aromatic heterocycles. The van der Waals surface area contributed by atoms with Gasteiger partial charge >= 0.3 is 6.09 Å². The van der Waals surface area contributed by atoms with Gasteiger partial charge in [0, 0.05) is 13.1 Å². The summed E-state index contributed by atoms with van der Waals surface area (Å²) in [5.41, 5.74) is 5.12. The number of carbonyl (C=O) groups excluding carboxylic acids is 1. The predicted octanol–water partition coefficient (Wildman–Crippen LogP) is 3.08. The second-order valence-electron chi connectivity index (χ2n) is 7.05. The van der Waals surface area contributed by atoms with Crippen LogP contribution in [0.5, 0.6) is 5.75 Å². The van der Waals surface area contributed by atoms with Crippen molar-refractivity contribution in [3.63, 3.8) is 0 Å². The van der Waals surface area contributed by atoms with Crippen LogP contribution in [0.3, 0.4) is 0 Å². The van der Waals surface area contributed by atoms with Crippen molar-refractivity contribution in [3.05, 3.63) is 18.3 Å². The molecule has 2 rings (SSSR count). The topological polar surface area (TPSA) is 77.7 Å². The molecule has 1 amide bonds. The molecule has 0 bridgehead atoms. The summed E-state index contributed by atoms with van der Waals surface area (Å²) in [5.74, 6) is 1.61. The highest BCUT2D eigenvalue weighted by Gasteiger charge is 2.29. The fraction of sp³-hybridized carbons (Fsp3) is 0.647. The molecule has 1 saturated heterocycles. The van der Waals surface area contributed by atoms with E-state index < -0.39 is 5.60 Å². The maximum absolute atomic E-state index is 12.1. The number of nitrogens with two attached hydrogens (primary N) is 1. The summed E-state index contributed by atoms with van der Waals surface area (Å²) < 4.78 is 11.3. The lowest BCUT2D eigenvalue weighted by Gasteiger charge is -2.35. The number of anilines is 1. The summed E-state index contributed by atoms with van der Waals surface area (Å²) in [6, 6.07) is 3.56. The minimum absolute atomic E-state index is 0.0706. The van der Waals surface area contributed by atoms with Crippen LogP contribution in [0, 0.1) is 5.92 Å². The number of nitrogens with zero attached hydrogens (tertiary/aromatic N) is 2. The molecule has 0 aliphatic carbocycles. The van der Waals surface area contributed by atoms with Crippen LogP contribution >= 0.6 is 0 Å². The molecule has 1 aliphatic heterocycles. The van der Waals surface area contributed by atoms with Crippen LogP contribution in [0.15, 0.2) is 18.3 Å². The van der Waals surface area contributed by atoms with E-state index >= 15 is 0 Å². The zero-order valence-electron chi connectivity index (χ0n) is 14.4. The Morgan fingerprint density at radius 1 is 1.35 bits per heavy atom. The zero-order valence-corrected chi connectivity index (χ0v) is 14.4. The molecule has 1 unspecified atom stereocenters. The van der Waals surface area contributed by atoms with E-state index in [0.29, 0.717) is 24.8 Å². The molecule has 2 N–H and O–H groups in total. The number of aromatic nitrogens is 1. The average molecular weight is 321 g/mol. The molecule has 0 radical (unpaired) electrons. The molecule has 23 heavy (non-hydrogen) atoms. The van der Waals surface area contributed by atoms with Crippen LogP contribution in [-0.4, -0.2) is 40.8 Å². The lowest BCUT2D eigenvalue weighted by Crippen LogP contribution is -2.44. The smallest absolute Gasteiger partial charge is 0.410 e. The number of amides is 1.